The van der Waals surface area contributed by atoms with Crippen LogP contribution in [0.25, 0.3) is 27.8 Å². The van der Waals surface area contributed by atoms with Crippen LogP contribution in [0.1, 0.15) is 19.8 Å². The molecule has 1 amide bonds. The molecule has 0 saturated carbocycles. The Balaban J connectivity index is 1.50. The van der Waals surface area contributed by atoms with Crippen LogP contribution in [0.15, 0.2) is 54.9 Å². The van der Waals surface area contributed by atoms with E-state index in [1.165, 1.54) is 0 Å². The van der Waals surface area contributed by atoms with E-state index in [1.54, 1.807) is 20.4 Å². The Kier molecular flexibility index (Phi) is 4.94. The molecule has 1 saturated heterocycles. The molecule has 1 N–H and O–H groups in total. The molecule has 7 heteroatoms. The number of aromatic nitrogens is 3. The van der Waals surface area contributed by atoms with Gasteiger partial charge in [-0.2, -0.15) is 0 Å². The number of carbonyl (C=O) groups is 1. The molecular weight excluding hydrogens is 390 g/mol. The number of hydrogen-bond acceptors (Lipinski definition) is 5. The minimum atomic E-state index is 0.0418. The van der Waals surface area contributed by atoms with Crippen LogP contribution in [-0.2, 0) is 4.79 Å². The minimum absolute atomic E-state index is 0.0418. The third-order valence-corrected chi connectivity index (χ3v) is 5.93. The Labute approximate surface area is 180 Å². The number of imidazole rings is 1. The number of benzene rings is 2. The smallest absolute Gasteiger partial charge is 0.217 e. The number of rotatable bonds is 4. The van der Waals surface area contributed by atoms with E-state index in [1.807, 2.05) is 28.8 Å². The molecule has 7 nitrogen and oxygen atoms in total. The Morgan fingerprint density at radius 2 is 1.97 bits per heavy atom. The van der Waals surface area contributed by atoms with Crippen molar-refractivity contribution in [1.82, 2.24) is 19.9 Å². The second-order valence-electron chi connectivity index (χ2n) is 7.95. The van der Waals surface area contributed by atoms with E-state index in [0.717, 1.165) is 65.1 Å². The summed E-state index contributed by atoms with van der Waals surface area (Å²) >= 11 is 0. The molecule has 1 aliphatic heterocycles. The molecule has 0 unspecified atom stereocenters. The third kappa shape index (κ3) is 3.67. The maximum absolute atomic E-state index is 11.4. The predicted molar refractivity (Wildman–Crippen MR) is 122 cm³/mol. The molecule has 0 aliphatic carbocycles. The first-order valence-electron chi connectivity index (χ1n) is 10.6. The summed E-state index contributed by atoms with van der Waals surface area (Å²) in [6.45, 7) is 3.37. The zero-order valence-corrected chi connectivity index (χ0v) is 17.7. The lowest BCUT2D eigenvalue weighted by Gasteiger charge is -2.34. The van der Waals surface area contributed by atoms with E-state index in [9.17, 15) is 4.79 Å². The summed E-state index contributed by atoms with van der Waals surface area (Å²) in [4.78, 5) is 23.3. The summed E-state index contributed by atoms with van der Waals surface area (Å²) in [6.07, 6.45) is 3.67. The molecule has 1 fully saturated rings. The van der Waals surface area contributed by atoms with E-state index < -0.39 is 0 Å². The lowest BCUT2D eigenvalue weighted by molar-refractivity contribution is -0.119. The van der Waals surface area contributed by atoms with Gasteiger partial charge in [-0.3, -0.25) is 9.36 Å². The highest BCUT2D eigenvalue weighted by molar-refractivity contribution is 5.92. The maximum Gasteiger partial charge on any atom is 0.217 e. The quantitative estimate of drug-likeness (QED) is 0.550. The van der Waals surface area contributed by atoms with Gasteiger partial charge in [0.2, 0.25) is 5.91 Å². The zero-order valence-electron chi connectivity index (χ0n) is 17.7. The topological polar surface area (TPSA) is 72.3 Å². The summed E-state index contributed by atoms with van der Waals surface area (Å²) < 4.78 is 7.32. The highest BCUT2D eigenvalue weighted by Gasteiger charge is 2.21. The number of ether oxygens (including phenoxy) is 1. The predicted octanol–water partition coefficient (Wildman–Crippen LogP) is 3.69. The Morgan fingerprint density at radius 3 is 2.74 bits per heavy atom. The first-order chi connectivity index (χ1) is 15.1. The second-order valence-corrected chi connectivity index (χ2v) is 7.95. The molecule has 5 rings (SSSR count). The molecular formula is C24H25N5O2. The van der Waals surface area contributed by atoms with Crippen molar-refractivity contribution in [1.29, 1.82) is 0 Å². The third-order valence-electron chi connectivity index (χ3n) is 5.93. The minimum Gasteiger partial charge on any atom is -0.497 e. The van der Waals surface area contributed by atoms with Crippen LogP contribution in [-0.4, -0.2) is 46.7 Å². The Hall–Kier alpha value is -3.61. The summed E-state index contributed by atoms with van der Waals surface area (Å²) in [6, 6.07) is 16.6. The number of fused-ring (bicyclic) bond motifs is 2. The highest BCUT2D eigenvalue weighted by Crippen LogP contribution is 2.30. The number of methoxy groups -OCH3 is 1. The van der Waals surface area contributed by atoms with Crippen LogP contribution >= 0.6 is 0 Å². The molecule has 158 valence electrons. The SMILES string of the molecule is COc1ccc2c(c1)ncn2-c1ccc2cccc(N3CCC(NC(C)=O)CC3)c2n1. The fourth-order valence-electron chi connectivity index (χ4n) is 4.36. The maximum atomic E-state index is 11.4. The molecule has 0 spiro atoms. The molecule has 2 aromatic carbocycles. The van der Waals surface area contributed by atoms with Gasteiger partial charge in [0.05, 0.1) is 29.3 Å². The summed E-state index contributed by atoms with van der Waals surface area (Å²) in [5.41, 5.74) is 3.97. The van der Waals surface area contributed by atoms with E-state index in [-0.39, 0.29) is 11.9 Å². The van der Waals surface area contributed by atoms with Gasteiger partial charge in [0.15, 0.2) is 0 Å². The molecule has 0 atom stereocenters. The highest BCUT2D eigenvalue weighted by atomic mass is 16.5. The number of nitrogens with one attached hydrogen (secondary N) is 1. The summed E-state index contributed by atoms with van der Waals surface area (Å²) in [5, 5.41) is 4.15. The number of para-hydroxylation sites is 1. The fraction of sp³-hybridized carbons (Fsp3) is 0.292. The van der Waals surface area contributed by atoms with Gasteiger partial charge in [0, 0.05) is 37.5 Å². The van der Waals surface area contributed by atoms with E-state index in [0.29, 0.717) is 0 Å². The van der Waals surface area contributed by atoms with Gasteiger partial charge in [-0.25, -0.2) is 9.97 Å². The fourth-order valence-corrected chi connectivity index (χ4v) is 4.36. The van der Waals surface area contributed by atoms with Crippen molar-refractivity contribution < 1.29 is 9.53 Å². The number of amides is 1. The lowest BCUT2D eigenvalue weighted by Crippen LogP contribution is -2.44. The second kappa shape index (κ2) is 7.91. The van der Waals surface area contributed by atoms with Crippen molar-refractivity contribution >= 4 is 33.5 Å². The van der Waals surface area contributed by atoms with Crippen LogP contribution in [0.2, 0.25) is 0 Å². The molecule has 31 heavy (non-hydrogen) atoms. The van der Waals surface area contributed by atoms with Crippen molar-refractivity contribution in [2.24, 2.45) is 0 Å². The van der Waals surface area contributed by atoms with E-state index in [2.05, 4.69) is 39.5 Å². The van der Waals surface area contributed by atoms with Crippen LogP contribution in [0.4, 0.5) is 5.69 Å². The molecule has 1 aliphatic rings. The number of pyridine rings is 1. The number of carbonyl (C=O) groups excluding carboxylic acids is 1. The van der Waals surface area contributed by atoms with Crippen LogP contribution in [0, 0.1) is 0 Å². The van der Waals surface area contributed by atoms with Gasteiger partial charge in [-0.1, -0.05) is 12.1 Å². The molecule has 0 bridgehead atoms. The average Bonchev–Trinajstić information content (AvgIpc) is 3.21. The number of hydrogen-bond donors (Lipinski definition) is 1. The Morgan fingerprint density at radius 1 is 1.13 bits per heavy atom. The molecule has 3 heterocycles. The van der Waals surface area contributed by atoms with E-state index in [4.69, 9.17) is 9.72 Å². The van der Waals surface area contributed by atoms with E-state index >= 15 is 0 Å². The summed E-state index contributed by atoms with van der Waals surface area (Å²) in [5.74, 6) is 1.66. The summed E-state index contributed by atoms with van der Waals surface area (Å²) in [7, 11) is 1.66. The van der Waals surface area contributed by atoms with Gasteiger partial charge in [0.25, 0.3) is 0 Å². The lowest BCUT2D eigenvalue weighted by atomic mass is 10.0. The van der Waals surface area contributed by atoms with Crippen molar-refractivity contribution in [3.8, 4) is 11.6 Å². The van der Waals surface area contributed by atoms with Gasteiger partial charge >= 0.3 is 0 Å². The first-order valence-corrected chi connectivity index (χ1v) is 10.6. The van der Waals surface area contributed by atoms with Crippen LogP contribution in [0.5, 0.6) is 5.75 Å². The number of anilines is 1. The van der Waals surface area contributed by atoms with Crippen molar-refractivity contribution in [2.45, 2.75) is 25.8 Å². The van der Waals surface area contributed by atoms with Crippen LogP contribution in [0.3, 0.4) is 0 Å². The number of piperidine rings is 1. The monoisotopic (exact) mass is 415 g/mol. The normalized spacial score (nSPS) is 14.8. The van der Waals surface area contributed by atoms with Crippen molar-refractivity contribution in [2.75, 3.05) is 25.1 Å². The number of nitrogens with zero attached hydrogens (tertiary/aromatic N) is 4. The largest absolute Gasteiger partial charge is 0.497 e. The van der Waals surface area contributed by atoms with Gasteiger partial charge in [-0.15, -0.1) is 0 Å². The van der Waals surface area contributed by atoms with Crippen molar-refractivity contribution in [3.63, 3.8) is 0 Å². The average molecular weight is 415 g/mol. The van der Waals surface area contributed by atoms with Gasteiger partial charge < -0.3 is 15.0 Å². The molecule has 4 aromatic rings. The zero-order chi connectivity index (χ0) is 21.4. The van der Waals surface area contributed by atoms with Crippen molar-refractivity contribution in [3.05, 3.63) is 54.9 Å². The van der Waals surface area contributed by atoms with Gasteiger partial charge in [0.1, 0.15) is 17.9 Å². The first kappa shape index (κ1) is 19.4. The van der Waals surface area contributed by atoms with Crippen LogP contribution < -0.4 is 15.0 Å². The standard InChI is InChI=1S/C24H25N5O2/c1-16(30)26-18-10-12-28(13-11-18)22-5-3-4-17-6-9-23(27-24(17)22)29-15-25-20-14-19(31-2)7-8-21(20)29/h3-9,14-15,18H,10-13H2,1-2H3,(H,26,30). The van der Waals surface area contributed by atoms with Gasteiger partial charge in [-0.05, 0) is 43.2 Å². The molecule has 2 aromatic heterocycles. The molecule has 0 radical (unpaired) electrons. The Bertz CT molecular complexity index is 1260.